The van der Waals surface area contributed by atoms with Gasteiger partial charge in [0.1, 0.15) is 11.9 Å². The summed E-state index contributed by atoms with van der Waals surface area (Å²) in [4.78, 5) is 14.2. The van der Waals surface area contributed by atoms with Crippen LogP contribution in [0.1, 0.15) is 24.2 Å². The second-order valence-corrected chi connectivity index (χ2v) is 6.04. The fraction of sp³-hybridized carbons (Fsp3) is 0.316. The van der Waals surface area contributed by atoms with Crippen LogP contribution in [0.3, 0.4) is 0 Å². The van der Waals surface area contributed by atoms with Gasteiger partial charge in [-0.15, -0.1) is 0 Å². The second-order valence-electron chi connectivity index (χ2n) is 6.04. The van der Waals surface area contributed by atoms with Gasteiger partial charge < -0.3 is 15.0 Å². The molecule has 1 saturated heterocycles. The highest BCUT2D eigenvalue weighted by Crippen LogP contribution is 2.25. The number of nitrogens with one attached hydrogen (secondary N) is 1. The molecule has 126 valence electrons. The molecule has 1 heterocycles. The molecular formula is C19H21FN2O2. The number of rotatable bonds is 3. The first-order valence-electron chi connectivity index (χ1n) is 8.09. The van der Waals surface area contributed by atoms with Crippen molar-refractivity contribution in [1.29, 1.82) is 0 Å². The summed E-state index contributed by atoms with van der Waals surface area (Å²) in [5, 5.41) is 2.94. The van der Waals surface area contributed by atoms with E-state index in [1.54, 1.807) is 17.0 Å². The van der Waals surface area contributed by atoms with E-state index in [1.165, 1.54) is 12.1 Å². The van der Waals surface area contributed by atoms with Crippen molar-refractivity contribution in [2.45, 2.75) is 25.7 Å². The van der Waals surface area contributed by atoms with Crippen molar-refractivity contribution in [1.82, 2.24) is 10.2 Å². The standard InChI is InChI=1S/C19H21FN2O2/c1-14-12-22(19(23)21-11-15-5-3-2-4-6-15)13-18(24-14)16-7-9-17(20)10-8-16/h2-10,14,18H,11-13H2,1H3,(H,21,23). The molecule has 2 amide bonds. The number of halogens is 1. The first-order chi connectivity index (χ1) is 11.6. The summed E-state index contributed by atoms with van der Waals surface area (Å²) >= 11 is 0. The van der Waals surface area contributed by atoms with E-state index in [0.29, 0.717) is 19.6 Å². The van der Waals surface area contributed by atoms with Gasteiger partial charge >= 0.3 is 6.03 Å². The quantitative estimate of drug-likeness (QED) is 0.937. The number of nitrogens with zero attached hydrogens (tertiary/aromatic N) is 1. The van der Waals surface area contributed by atoms with Crippen LogP contribution in [0.5, 0.6) is 0 Å². The molecule has 0 aromatic heterocycles. The Kier molecular flexibility index (Phi) is 5.11. The summed E-state index contributed by atoms with van der Waals surface area (Å²) in [5.74, 6) is -0.278. The number of benzene rings is 2. The number of ether oxygens (including phenoxy) is 1. The van der Waals surface area contributed by atoms with Crippen LogP contribution in [0, 0.1) is 5.82 Å². The molecule has 0 spiro atoms. The summed E-state index contributed by atoms with van der Waals surface area (Å²) in [5.41, 5.74) is 1.94. The molecular weight excluding hydrogens is 307 g/mol. The van der Waals surface area contributed by atoms with Crippen LogP contribution in [0.2, 0.25) is 0 Å². The van der Waals surface area contributed by atoms with Gasteiger partial charge in [-0.05, 0) is 30.2 Å². The third-order valence-electron chi connectivity index (χ3n) is 4.08. The van der Waals surface area contributed by atoms with Crippen molar-refractivity contribution in [3.05, 3.63) is 71.5 Å². The Balaban J connectivity index is 1.62. The lowest BCUT2D eigenvalue weighted by Gasteiger charge is -2.37. The smallest absolute Gasteiger partial charge is 0.317 e. The van der Waals surface area contributed by atoms with Crippen molar-refractivity contribution < 1.29 is 13.9 Å². The normalized spacial score (nSPS) is 20.7. The van der Waals surface area contributed by atoms with E-state index >= 15 is 0 Å². The average molecular weight is 328 g/mol. The van der Waals surface area contributed by atoms with Crippen molar-refractivity contribution in [3.8, 4) is 0 Å². The SMILES string of the molecule is CC1CN(C(=O)NCc2ccccc2)CC(c2ccc(F)cc2)O1. The van der Waals surface area contributed by atoms with Gasteiger partial charge in [-0.1, -0.05) is 42.5 Å². The fourth-order valence-corrected chi connectivity index (χ4v) is 2.86. The number of carbonyl (C=O) groups excluding carboxylic acids is 1. The Morgan fingerprint density at radius 2 is 1.88 bits per heavy atom. The predicted molar refractivity (Wildman–Crippen MR) is 89.9 cm³/mol. The first kappa shape index (κ1) is 16.5. The third-order valence-corrected chi connectivity index (χ3v) is 4.08. The zero-order valence-corrected chi connectivity index (χ0v) is 13.6. The van der Waals surface area contributed by atoms with E-state index in [1.807, 2.05) is 37.3 Å². The van der Waals surface area contributed by atoms with Gasteiger partial charge in [0.2, 0.25) is 0 Å². The summed E-state index contributed by atoms with van der Waals surface area (Å²) < 4.78 is 19.0. The minimum atomic E-state index is -0.278. The van der Waals surface area contributed by atoms with Crippen LogP contribution in [0.15, 0.2) is 54.6 Å². The van der Waals surface area contributed by atoms with Crippen molar-refractivity contribution in [2.75, 3.05) is 13.1 Å². The van der Waals surface area contributed by atoms with E-state index in [4.69, 9.17) is 4.74 Å². The zero-order chi connectivity index (χ0) is 16.9. The lowest BCUT2D eigenvalue weighted by Crippen LogP contribution is -2.49. The van der Waals surface area contributed by atoms with Gasteiger partial charge in [0.15, 0.2) is 0 Å². The minimum absolute atomic E-state index is 0.0729. The van der Waals surface area contributed by atoms with E-state index in [0.717, 1.165) is 11.1 Å². The van der Waals surface area contributed by atoms with Gasteiger partial charge in [-0.3, -0.25) is 0 Å². The maximum absolute atomic E-state index is 13.1. The number of hydrogen-bond donors (Lipinski definition) is 1. The first-order valence-corrected chi connectivity index (χ1v) is 8.09. The Hall–Kier alpha value is -2.40. The van der Waals surface area contributed by atoms with Gasteiger partial charge in [-0.2, -0.15) is 0 Å². The lowest BCUT2D eigenvalue weighted by atomic mass is 10.1. The van der Waals surface area contributed by atoms with Crippen LogP contribution in [0.4, 0.5) is 9.18 Å². The lowest BCUT2D eigenvalue weighted by molar-refractivity contribution is -0.0657. The topological polar surface area (TPSA) is 41.6 Å². The van der Waals surface area contributed by atoms with Crippen molar-refractivity contribution >= 4 is 6.03 Å². The number of urea groups is 1. The molecule has 0 saturated carbocycles. The fourth-order valence-electron chi connectivity index (χ4n) is 2.86. The van der Waals surface area contributed by atoms with Crippen LogP contribution in [0.25, 0.3) is 0 Å². The largest absolute Gasteiger partial charge is 0.367 e. The maximum atomic E-state index is 13.1. The zero-order valence-electron chi connectivity index (χ0n) is 13.6. The third kappa shape index (κ3) is 4.11. The maximum Gasteiger partial charge on any atom is 0.317 e. The Morgan fingerprint density at radius 3 is 2.58 bits per heavy atom. The molecule has 2 unspecified atom stereocenters. The Morgan fingerprint density at radius 1 is 1.17 bits per heavy atom. The molecule has 1 aliphatic heterocycles. The Bertz CT molecular complexity index is 676. The molecule has 4 nitrogen and oxygen atoms in total. The summed E-state index contributed by atoms with van der Waals surface area (Å²) in [6, 6.07) is 15.9. The second kappa shape index (κ2) is 7.45. The molecule has 3 rings (SSSR count). The molecule has 24 heavy (non-hydrogen) atoms. The molecule has 0 bridgehead atoms. The van der Waals surface area contributed by atoms with Gasteiger partial charge in [0.25, 0.3) is 0 Å². The van der Waals surface area contributed by atoms with E-state index in [2.05, 4.69) is 5.32 Å². The average Bonchev–Trinajstić information content (AvgIpc) is 2.60. The van der Waals surface area contributed by atoms with Crippen LogP contribution < -0.4 is 5.32 Å². The van der Waals surface area contributed by atoms with Gasteiger partial charge in [-0.25, -0.2) is 9.18 Å². The molecule has 0 aliphatic carbocycles. The summed E-state index contributed by atoms with van der Waals surface area (Å²) in [6.45, 7) is 3.43. The van der Waals surface area contributed by atoms with Crippen LogP contribution >= 0.6 is 0 Å². The van der Waals surface area contributed by atoms with E-state index < -0.39 is 0 Å². The highest BCUT2D eigenvalue weighted by Gasteiger charge is 2.29. The molecule has 5 heteroatoms. The predicted octanol–water partition coefficient (Wildman–Crippen LogP) is 3.50. The highest BCUT2D eigenvalue weighted by atomic mass is 19.1. The highest BCUT2D eigenvalue weighted by molar-refractivity contribution is 5.74. The van der Waals surface area contributed by atoms with Crippen molar-refractivity contribution in [3.63, 3.8) is 0 Å². The minimum Gasteiger partial charge on any atom is -0.367 e. The molecule has 2 atom stereocenters. The van der Waals surface area contributed by atoms with Gasteiger partial charge in [0.05, 0.1) is 12.6 Å². The molecule has 2 aromatic carbocycles. The number of morpholine rings is 1. The molecule has 0 radical (unpaired) electrons. The monoisotopic (exact) mass is 328 g/mol. The molecule has 1 N–H and O–H groups in total. The number of hydrogen-bond acceptors (Lipinski definition) is 2. The van der Waals surface area contributed by atoms with Crippen molar-refractivity contribution in [2.24, 2.45) is 0 Å². The Labute approximate surface area is 141 Å². The van der Waals surface area contributed by atoms with Crippen LogP contribution in [-0.4, -0.2) is 30.1 Å². The summed E-state index contributed by atoms with van der Waals surface area (Å²) in [6.07, 6.45) is -0.312. The summed E-state index contributed by atoms with van der Waals surface area (Å²) in [7, 11) is 0. The van der Waals surface area contributed by atoms with E-state index in [9.17, 15) is 9.18 Å². The van der Waals surface area contributed by atoms with Crippen LogP contribution in [-0.2, 0) is 11.3 Å². The molecule has 1 fully saturated rings. The van der Waals surface area contributed by atoms with E-state index in [-0.39, 0.29) is 24.1 Å². The number of amides is 2. The molecule has 1 aliphatic rings. The van der Waals surface area contributed by atoms with Gasteiger partial charge in [0, 0.05) is 13.1 Å². The molecule has 2 aromatic rings. The number of carbonyl (C=O) groups is 1.